The van der Waals surface area contributed by atoms with Crippen molar-refractivity contribution in [2.45, 2.75) is 97.4 Å². The molecule has 0 unspecified atom stereocenters. The van der Waals surface area contributed by atoms with Crippen molar-refractivity contribution in [3.8, 4) is 5.75 Å². The topological polar surface area (TPSA) is 67.8 Å². The molecular weight excluding hydrogens is 421 g/mol. The molecular formula is C26H44NO4P. The third-order valence-corrected chi connectivity index (χ3v) is 6.64. The van der Waals surface area contributed by atoms with Gasteiger partial charge in [0, 0.05) is 6.42 Å². The Balaban J connectivity index is 2.49. The first kappa shape index (κ1) is 28.6. The number of phenols is 1. The summed E-state index contributed by atoms with van der Waals surface area (Å²) in [4.78, 5) is 12.6. The number of nitrogens with one attached hydrogen (secondary N) is 1. The lowest BCUT2D eigenvalue weighted by atomic mass is 10.0. The van der Waals surface area contributed by atoms with Crippen LogP contribution in [0.3, 0.4) is 0 Å². The fourth-order valence-corrected chi connectivity index (χ4v) is 4.58. The van der Waals surface area contributed by atoms with Crippen molar-refractivity contribution in [1.82, 2.24) is 5.32 Å². The Bertz CT molecular complexity index is 615. The van der Waals surface area contributed by atoms with Gasteiger partial charge >= 0.3 is 0 Å². The van der Waals surface area contributed by atoms with Crippen molar-refractivity contribution in [1.29, 1.82) is 0 Å². The van der Waals surface area contributed by atoms with Crippen LogP contribution in [0.25, 0.3) is 0 Å². The second-order valence-electron chi connectivity index (χ2n) is 8.09. The van der Waals surface area contributed by atoms with E-state index in [2.05, 4.69) is 12.2 Å². The van der Waals surface area contributed by atoms with Gasteiger partial charge in [0.1, 0.15) is 5.75 Å². The molecule has 0 saturated heterocycles. The van der Waals surface area contributed by atoms with E-state index in [0.29, 0.717) is 26.1 Å². The predicted octanol–water partition coefficient (Wildman–Crippen LogP) is 7.24. The lowest BCUT2D eigenvalue weighted by molar-refractivity contribution is -0.121. The third kappa shape index (κ3) is 14.6. The number of amides is 1. The van der Waals surface area contributed by atoms with Crippen molar-refractivity contribution < 1.29 is 18.9 Å². The minimum atomic E-state index is -1.09. The van der Waals surface area contributed by atoms with Gasteiger partial charge in [-0.3, -0.25) is 4.79 Å². The highest BCUT2D eigenvalue weighted by Crippen LogP contribution is 2.39. The van der Waals surface area contributed by atoms with Gasteiger partial charge in [0.25, 0.3) is 0 Å². The molecule has 0 aromatic heterocycles. The predicted molar refractivity (Wildman–Crippen MR) is 135 cm³/mol. The van der Waals surface area contributed by atoms with Crippen LogP contribution in [0.5, 0.6) is 5.75 Å². The van der Waals surface area contributed by atoms with Gasteiger partial charge in [-0.25, -0.2) is 0 Å². The van der Waals surface area contributed by atoms with Crippen molar-refractivity contribution in [2.75, 3.05) is 13.2 Å². The van der Waals surface area contributed by atoms with E-state index < -0.39 is 8.38 Å². The number of carbonyl (C=O) groups is 1. The van der Waals surface area contributed by atoms with E-state index in [1.807, 2.05) is 37.9 Å². The van der Waals surface area contributed by atoms with Gasteiger partial charge in [0.15, 0.2) is 8.38 Å². The molecule has 0 aliphatic rings. The summed E-state index contributed by atoms with van der Waals surface area (Å²) in [5, 5.41) is 12.7. The zero-order chi connectivity index (χ0) is 23.4. The van der Waals surface area contributed by atoms with Crippen molar-refractivity contribution in [2.24, 2.45) is 0 Å². The Labute approximate surface area is 196 Å². The van der Waals surface area contributed by atoms with E-state index in [1.54, 1.807) is 12.1 Å². The highest BCUT2D eigenvalue weighted by atomic mass is 31.2. The fraction of sp³-hybridized carbons (Fsp3) is 0.654. The molecule has 0 saturated carbocycles. The molecule has 182 valence electrons. The van der Waals surface area contributed by atoms with E-state index in [1.165, 1.54) is 44.9 Å². The molecule has 1 atom stereocenters. The molecule has 6 heteroatoms. The molecule has 32 heavy (non-hydrogen) atoms. The van der Waals surface area contributed by atoms with Crippen LogP contribution in [-0.4, -0.2) is 30.3 Å². The number of phenolic OH excluding ortho intramolecular Hbond substituents is 1. The number of hydrogen-bond acceptors (Lipinski definition) is 4. The summed E-state index contributed by atoms with van der Waals surface area (Å²) in [6.07, 6.45) is 14.4. The summed E-state index contributed by atoms with van der Waals surface area (Å²) >= 11 is 0. The van der Waals surface area contributed by atoms with Crippen LogP contribution < -0.4 is 5.32 Å². The maximum atomic E-state index is 12.6. The SMILES string of the molecule is CCCCCCCCCCCC(=O)N[C@@H](/C=C/P(OCC)OCC)Cc1ccc(O)cc1. The molecule has 2 N–H and O–H groups in total. The maximum Gasteiger partial charge on any atom is 0.220 e. The van der Waals surface area contributed by atoms with Gasteiger partial charge < -0.3 is 19.5 Å². The van der Waals surface area contributed by atoms with Crippen molar-refractivity contribution >= 4 is 14.3 Å². The van der Waals surface area contributed by atoms with Crippen LogP contribution in [0.15, 0.2) is 36.2 Å². The lowest BCUT2D eigenvalue weighted by Crippen LogP contribution is -2.34. The molecule has 1 aromatic rings. The number of hydrogen-bond donors (Lipinski definition) is 2. The molecule has 1 rings (SSSR count). The molecule has 0 fully saturated rings. The average Bonchev–Trinajstić information content (AvgIpc) is 2.78. The summed E-state index contributed by atoms with van der Waals surface area (Å²) in [7, 11) is -1.09. The Kier molecular flexibility index (Phi) is 17.1. The molecule has 0 spiro atoms. The summed E-state index contributed by atoms with van der Waals surface area (Å²) < 4.78 is 11.3. The molecule has 1 aromatic carbocycles. The average molecular weight is 466 g/mol. The largest absolute Gasteiger partial charge is 0.508 e. The number of rotatable bonds is 19. The highest BCUT2D eigenvalue weighted by Gasteiger charge is 2.12. The first-order valence-corrected chi connectivity index (χ1v) is 13.6. The molecule has 1 amide bonds. The highest BCUT2D eigenvalue weighted by molar-refractivity contribution is 7.50. The van der Waals surface area contributed by atoms with Crippen LogP contribution in [-0.2, 0) is 20.3 Å². The summed E-state index contributed by atoms with van der Waals surface area (Å²) in [5.74, 6) is 2.26. The van der Waals surface area contributed by atoms with Crippen LogP contribution in [0, 0.1) is 0 Å². The van der Waals surface area contributed by atoms with Crippen LogP contribution in [0.2, 0.25) is 0 Å². The van der Waals surface area contributed by atoms with Gasteiger partial charge in [-0.1, -0.05) is 76.5 Å². The number of aromatic hydroxyl groups is 1. The van der Waals surface area contributed by atoms with Gasteiger partial charge in [0.05, 0.1) is 19.3 Å². The third-order valence-electron chi connectivity index (χ3n) is 5.20. The molecule has 0 bridgehead atoms. The fourth-order valence-electron chi connectivity index (χ4n) is 3.48. The van der Waals surface area contributed by atoms with E-state index in [9.17, 15) is 9.90 Å². The summed E-state index contributed by atoms with van der Waals surface area (Å²) in [5.41, 5.74) is 1.05. The summed E-state index contributed by atoms with van der Waals surface area (Å²) in [6.45, 7) is 7.31. The van der Waals surface area contributed by atoms with Crippen molar-refractivity contribution in [3.63, 3.8) is 0 Å². The molecule has 0 aliphatic heterocycles. The number of carbonyl (C=O) groups excluding carboxylic acids is 1. The van der Waals surface area contributed by atoms with Gasteiger partial charge in [0.2, 0.25) is 5.91 Å². The quantitative estimate of drug-likeness (QED) is 0.167. The van der Waals surface area contributed by atoms with Gasteiger partial charge in [-0.2, -0.15) is 0 Å². The Morgan fingerprint density at radius 2 is 1.50 bits per heavy atom. The van der Waals surface area contributed by atoms with E-state index in [4.69, 9.17) is 9.05 Å². The maximum absolute atomic E-state index is 12.6. The molecule has 0 radical (unpaired) electrons. The Morgan fingerprint density at radius 3 is 2.06 bits per heavy atom. The van der Waals surface area contributed by atoms with E-state index in [-0.39, 0.29) is 17.7 Å². The Hall–Kier alpha value is -1.42. The minimum absolute atomic E-state index is 0.0820. The number of benzene rings is 1. The molecule has 0 heterocycles. The monoisotopic (exact) mass is 465 g/mol. The first-order valence-electron chi connectivity index (χ1n) is 12.4. The Morgan fingerprint density at radius 1 is 0.938 bits per heavy atom. The van der Waals surface area contributed by atoms with Crippen LogP contribution >= 0.6 is 8.38 Å². The minimum Gasteiger partial charge on any atom is -0.508 e. The normalized spacial score (nSPS) is 12.5. The summed E-state index contributed by atoms with van der Waals surface area (Å²) in [6, 6.07) is 6.98. The van der Waals surface area contributed by atoms with Gasteiger partial charge in [-0.05, 0) is 50.2 Å². The number of unbranched alkanes of at least 4 members (excludes halogenated alkanes) is 8. The van der Waals surface area contributed by atoms with Crippen LogP contribution in [0.4, 0.5) is 0 Å². The molecule has 0 aliphatic carbocycles. The second kappa shape index (κ2) is 19.1. The zero-order valence-corrected chi connectivity index (χ0v) is 21.2. The smallest absolute Gasteiger partial charge is 0.220 e. The van der Waals surface area contributed by atoms with E-state index >= 15 is 0 Å². The second-order valence-corrected chi connectivity index (χ2v) is 9.47. The first-order chi connectivity index (χ1) is 15.6. The zero-order valence-electron chi connectivity index (χ0n) is 20.4. The van der Waals surface area contributed by atoms with Gasteiger partial charge in [-0.15, -0.1) is 0 Å². The standard InChI is InChI=1S/C26H44NO4P/c1-4-7-8-9-10-11-12-13-14-15-26(29)27-24(20-21-32(30-5-2)31-6-3)22-23-16-18-25(28)19-17-23/h16-21,24,28H,4-15,22H2,1-3H3,(H,27,29)/b21-20+/t24-/m0/s1. The van der Waals surface area contributed by atoms with E-state index in [0.717, 1.165) is 18.4 Å². The molecule has 5 nitrogen and oxygen atoms in total. The van der Waals surface area contributed by atoms with Crippen molar-refractivity contribution in [3.05, 3.63) is 41.7 Å². The lowest BCUT2D eigenvalue weighted by Gasteiger charge is -2.17. The van der Waals surface area contributed by atoms with Crippen LogP contribution in [0.1, 0.15) is 90.5 Å².